The van der Waals surface area contributed by atoms with E-state index in [1.807, 2.05) is 11.8 Å². The van der Waals surface area contributed by atoms with Gasteiger partial charge in [0.05, 0.1) is 17.8 Å². The van der Waals surface area contributed by atoms with Gasteiger partial charge in [-0.05, 0) is 43.2 Å². The van der Waals surface area contributed by atoms with Crippen molar-refractivity contribution in [2.24, 2.45) is 5.73 Å². The molecule has 0 spiro atoms. The lowest BCUT2D eigenvalue weighted by atomic mass is 10.0. The highest BCUT2D eigenvalue weighted by Crippen LogP contribution is 2.34. The number of anilines is 2. The Balaban J connectivity index is 1.31. The number of nitrogens with zero attached hydrogens (tertiary/aromatic N) is 2. The number of H-pyrrole nitrogens is 1. The van der Waals surface area contributed by atoms with Crippen molar-refractivity contribution >= 4 is 46.7 Å². The van der Waals surface area contributed by atoms with Crippen LogP contribution in [0.25, 0.3) is 11.6 Å². The fraction of sp³-hybridized carbons (Fsp3) is 0.360. The zero-order valence-electron chi connectivity index (χ0n) is 20.0. The molecule has 0 unspecified atom stereocenters. The lowest BCUT2D eigenvalue weighted by molar-refractivity contribution is -0.133. The number of halogens is 1. The number of nitrogens with two attached hydrogens (primary N) is 1. The van der Waals surface area contributed by atoms with Gasteiger partial charge in [-0.2, -0.15) is 0 Å². The summed E-state index contributed by atoms with van der Waals surface area (Å²) in [6.07, 6.45) is 4.23. The maximum atomic E-state index is 13.7. The van der Waals surface area contributed by atoms with Crippen LogP contribution in [-0.4, -0.2) is 71.1 Å². The number of primary amides is 1. The quantitative estimate of drug-likeness (QED) is 0.412. The second-order valence-electron chi connectivity index (χ2n) is 8.97. The fourth-order valence-electron chi connectivity index (χ4n) is 4.36. The van der Waals surface area contributed by atoms with Gasteiger partial charge in [0.2, 0.25) is 17.7 Å². The van der Waals surface area contributed by atoms with E-state index in [9.17, 15) is 23.6 Å². The summed E-state index contributed by atoms with van der Waals surface area (Å²) >= 11 is 0. The number of fused-ring (bicyclic) bond motifs is 1. The number of benzene rings is 1. The van der Waals surface area contributed by atoms with E-state index < -0.39 is 11.7 Å². The maximum absolute atomic E-state index is 13.7. The van der Waals surface area contributed by atoms with Crippen LogP contribution in [-0.2, 0) is 19.2 Å². The van der Waals surface area contributed by atoms with Crippen LogP contribution in [0.1, 0.15) is 36.1 Å². The molecule has 11 heteroatoms. The smallest absolute Gasteiger partial charge is 0.256 e. The molecule has 1 aromatic heterocycles. The molecule has 4 amide bonds. The van der Waals surface area contributed by atoms with E-state index in [0.717, 1.165) is 5.56 Å². The SMILES string of the molecule is Cc1c(NC(=O)CN2CCN(C(=O)CCCC(N)=O)CC2)c[nH]c1C=C1C(=O)Nc2ccc(F)cc21. The van der Waals surface area contributed by atoms with E-state index in [-0.39, 0.29) is 37.1 Å². The zero-order valence-corrected chi connectivity index (χ0v) is 20.0. The number of carbonyl (C=O) groups excluding carboxylic acids is 4. The number of hydrogen-bond donors (Lipinski definition) is 4. The zero-order chi connectivity index (χ0) is 25.8. The predicted octanol–water partition coefficient (Wildman–Crippen LogP) is 1.69. The predicted molar refractivity (Wildman–Crippen MR) is 133 cm³/mol. The summed E-state index contributed by atoms with van der Waals surface area (Å²) in [4.78, 5) is 54.9. The summed E-state index contributed by atoms with van der Waals surface area (Å²) in [5.74, 6) is -1.36. The third-order valence-electron chi connectivity index (χ3n) is 6.41. The number of piperazine rings is 1. The average Bonchev–Trinajstić information content (AvgIpc) is 3.33. The Labute approximate surface area is 207 Å². The van der Waals surface area contributed by atoms with Crippen molar-refractivity contribution in [1.29, 1.82) is 0 Å². The lowest BCUT2D eigenvalue weighted by Crippen LogP contribution is -2.50. The highest BCUT2D eigenvalue weighted by Gasteiger charge is 2.26. The number of aromatic amines is 1. The molecule has 2 aliphatic rings. The summed E-state index contributed by atoms with van der Waals surface area (Å²) in [5.41, 5.74) is 8.47. The first-order valence-electron chi connectivity index (χ1n) is 11.8. The van der Waals surface area contributed by atoms with Gasteiger partial charge in [-0.25, -0.2) is 4.39 Å². The van der Waals surface area contributed by atoms with Crippen LogP contribution in [0.2, 0.25) is 0 Å². The van der Waals surface area contributed by atoms with E-state index in [1.165, 1.54) is 18.2 Å². The first kappa shape index (κ1) is 25.1. The lowest BCUT2D eigenvalue weighted by Gasteiger charge is -2.34. The van der Waals surface area contributed by atoms with E-state index in [0.29, 0.717) is 60.8 Å². The molecule has 5 N–H and O–H groups in total. The Kier molecular flexibility index (Phi) is 7.49. The van der Waals surface area contributed by atoms with E-state index in [1.54, 1.807) is 17.2 Å². The van der Waals surface area contributed by atoms with Crippen LogP contribution < -0.4 is 16.4 Å². The van der Waals surface area contributed by atoms with Crippen LogP contribution in [0, 0.1) is 12.7 Å². The number of hydrogen-bond acceptors (Lipinski definition) is 5. The van der Waals surface area contributed by atoms with Crippen molar-refractivity contribution in [2.45, 2.75) is 26.2 Å². The topological polar surface area (TPSA) is 141 Å². The Bertz CT molecular complexity index is 1230. The van der Waals surface area contributed by atoms with Crippen molar-refractivity contribution in [3.8, 4) is 0 Å². The van der Waals surface area contributed by atoms with Crippen LogP contribution in [0.5, 0.6) is 0 Å². The van der Waals surface area contributed by atoms with Crippen molar-refractivity contribution in [2.75, 3.05) is 43.4 Å². The van der Waals surface area contributed by atoms with Gasteiger partial charge in [0.1, 0.15) is 5.82 Å². The minimum Gasteiger partial charge on any atom is -0.370 e. The Morgan fingerprint density at radius 2 is 1.92 bits per heavy atom. The van der Waals surface area contributed by atoms with Crippen LogP contribution in [0.15, 0.2) is 24.4 Å². The molecule has 0 aliphatic carbocycles. The van der Waals surface area contributed by atoms with Gasteiger partial charge in [-0.1, -0.05) is 0 Å². The van der Waals surface area contributed by atoms with Gasteiger partial charge in [0, 0.05) is 62.2 Å². The molecule has 0 bridgehead atoms. The molecule has 4 rings (SSSR count). The molecular formula is C25H29FN6O4. The van der Waals surface area contributed by atoms with Gasteiger partial charge in [0.15, 0.2) is 0 Å². The Morgan fingerprint density at radius 3 is 2.64 bits per heavy atom. The van der Waals surface area contributed by atoms with E-state index in [4.69, 9.17) is 5.73 Å². The fourth-order valence-corrected chi connectivity index (χ4v) is 4.36. The molecule has 2 aliphatic heterocycles. The Hall–Kier alpha value is -3.99. The standard InChI is InChI=1S/C25H29FN6O4/c1-15-20(12-18-17-11-16(26)5-6-19(17)30-25(18)36)28-13-21(15)29-23(34)14-31-7-9-32(10-8-31)24(35)4-2-3-22(27)33/h5-6,11-13,28H,2-4,7-10,14H2,1H3,(H2,27,33)(H,29,34)(H,30,36). The van der Waals surface area contributed by atoms with E-state index in [2.05, 4.69) is 15.6 Å². The first-order chi connectivity index (χ1) is 17.2. The minimum atomic E-state index is -0.430. The number of rotatable bonds is 8. The van der Waals surface area contributed by atoms with Gasteiger partial charge >= 0.3 is 0 Å². The molecule has 0 atom stereocenters. The highest BCUT2D eigenvalue weighted by molar-refractivity contribution is 6.34. The summed E-state index contributed by atoms with van der Waals surface area (Å²) < 4.78 is 13.7. The molecule has 1 fully saturated rings. The number of nitrogens with one attached hydrogen (secondary N) is 3. The first-order valence-corrected chi connectivity index (χ1v) is 11.8. The normalized spacial score (nSPS) is 16.7. The number of aromatic nitrogens is 1. The van der Waals surface area contributed by atoms with Gasteiger partial charge in [-0.15, -0.1) is 0 Å². The molecule has 0 saturated carbocycles. The summed E-state index contributed by atoms with van der Waals surface area (Å²) in [7, 11) is 0. The van der Waals surface area contributed by atoms with Crippen molar-refractivity contribution in [3.63, 3.8) is 0 Å². The molecule has 1 saturated heterocycles. The Morgan fingerprint density at radius 1 is 1.17 bits per heavy atom. The molecule has 190 valence electrons. The summed E-state index contributed by atoms with van der Waals surface area (Å²) in [6.45, 7) is 4.19. The third kappa shape index (κ3) is 5.80. The molecule has 3 heterocycles. The van der Waals surface area contributed by atoms with Gasteiger partial charge in [0.25, 0.3) is 5.91 Å². The second kappa shape index (κ2) is 10.7. The third-order valence-corrected chi connectivity index (χ3v) is 6.41. The maximum Gasteiger partial charge on any atom is 0.256 e. The second-order valence-corrected chi connectivity index (χ2v) is 8.97. The van der Waals surface area contributed by atoms with E-state index >= 15 is 0 Å². The van der Waals surface area contributed by atoms with Gasteiger partial charge < -0.3 is 26.3 Å². The molecule has 36 heavy (non-hydrogen) atoms. The largest absolute Gasteiger partial charge is 0.370 e. The van der Waals surface area contributed by atoms with Crippen molar-refractivity contribution in [3.05, 3.63) is 47.0 Å². The molecule has 2 aromatic rings. The van der Waals surface area contributed by atoms with Crippen LogP contribution in [0.3, 0.4) is 0 Å². The van der Waals surface area contributed by atoms with Gasteiger partial charge in [-0.3, -0.25) is 24.1 Å². The monoisotopic (exact) mass is 496 g/mol. The molecule has 0 radical (unpaired) electrons. The molecule has 10 nitrogen and oxygen atoms in total. The number of amides is 4. The summed E-state index contributed by atoms with van der Waals surface area (Å²) in [5, 5.41) is 5.61. The van der Waals surface area contributed by atoms with Crippen molar-refractivity contribution in [1.82, 2.24) is 14.8 Å². The highest BCUT2D eigenvalue weighted by atomic mass is 19.1. The van der Waals surface area contributed by atoms with Crippen LogP contribution >= 0.6 is 0 Å². The summed E-state index contributed by atoms with van der Waals surface area (Å²) in [6, 6.07) is 4.13. The molecule has 1 aromatic carbocycles. The number of carbonyl (C=O) groups is 4. The minimum absolute atomic E-state index is 0.00810. The molecular weight excluding hydrogens is 467 g/mol. The average molecular weight is 497 g/mol. The van der Waals surface area contributed by atoms with Crippen LogP contribution in [0.4, 0.5) is 15.8 Å². The van der Waals surface area contributed by atoms with Crippen molar-refractivity contribution < 1.29 is 23.6 Å².